The lowest BCUT2D eigenvalue weighted by Crippen LogP contribution is -2.46. The van der Waals surface area contributed by atoms with Gasteiger partial charge in [-0.15, -0.1) is 0 Å². The number of H-pyrrole nitrogens is 1. The van der Waals surface area contributed by atoms with Crippen LogP contribution in [0.4, 0.5) is 11.5 Å². The Morgan fingerprint density at radius 1 is 1.21 bits per heavy atom. The minimum Gasteiger partial charge on any atom is -0.383 e. The van der Waals surface area contributed by atoms with E-state index in [0.29, 0.717) is 6.42 Å². The lowest BCUT2D eigenvalue weighted by atomic mass is 10.2. The maximum absolute atomic E-state index is 13.2. The lowest BCUT2D eigenvalue weighted by Gasteiger charge is -2.26. The molecule has 0 aliphatic heterocycles. The second-order valence-electron chi connectivity index (χ2n) is 7.61. The molecule has 1 heterocycles. The molecule has 0 aliphatic carbocycles. The number of hydrogen-bond donors (Lipinski definition) is 2. The van der Waals surface area contributed by atoms with E-state index in [0.717, 1.165) is 21.2 Å². The molecule has 0 bridgehead atoms. The van der Waals surface area contributed by atoms with Crippen LogP contribution in [0.5, 0.6) is 0 Å². The van der Waals surface area contributed by atoms with Crippen molar-refractivity contribution in [1.29, 1.82) is 0 Å². The summed E-state index contributed by atoms with van der Waals surface area (Å²) in [5, 5.41) is 0. The molecule has 33 heavy (non-hydrogen) atoms. The monoisotopic (exact) mass is 481 g/mol. The summed E-state index contributed by atoms with van der Waals surface area (Å²) in [5.74, 6) is -0.853. The number of carbonyl (C=O) groups excluding carboxylic acids is 1. The Morgan fingerprint density at radius 3 is 2.42 bits per heavy atom. The number of aromatic amines is 1. The molecule has 0 saturated heterocycles. The third-order valence-electron chi connectivity index (χ3n) is 5.13. The van der Waals surface area contributed by atoms with Crippen LogP contribution in [0.3, 0.4) is 0 Å². The highest BCUT2D eigenvalue weighted by Gasteiger charge is 2.29. The van der Waals surface area contributed by atoms with Crippen molar-refractivity contribution in [2.75, 3.05) is 44.5 Å². The molecule has 12 heteroatoms. The van der Waals surface area contributed by atoms with E-state index in [-0.39, 0.29) is 36.1 Å². The molecule has 1 aromatic heterocycles. The average molecular weight is 482 g/mol. The minimum atomic E-state index is -3.95. The summed E-state index contributed by atoms with van der Waals surface area (Å²) in [5.41, 5.74) is 5.31. The van der Waals surface area contributed by atoms with Gasteiger partial charge in [0.05, 0.1) is 18.0 Å². The molecular formula is C21H31N5O6S. The van der Waals surface area contributed by atoms with Gasteiger partial charge in [-0.1, -0.05) is 31.0 Å². The van der Waals surface area contributed by atoms with Crippen LogP contribution < -0.4 is 21.9 Å². The molecule has 0 unspecified atom stereocenters. The molecule has 0 spiro atoms. The Balaban J connectivity index is 2.42. The number of aromatic nitrogens is 2. The minimum absolute atomic E-state index is 0.0392. The highest BCUT2D eigenvalue weighted by Crippen LogP contribution is 2.19. The number of likely N-dealkylation sites (N-methyl/N-ethyl adjacent to an activating group) is 1. The van der Waals surface area contributed by atoms with Gasteiger partial charge < -0.3 is 15.4 Å². The van der Waals surface area contributed by atoms with Gasteiger partial charge in [-0.2, -0.15) is 4.31 Å². The van der Waals surface area contributed by atoms with Gasteiger partial charge in [0.15, 0.2) is 5.69 Å². The Morgan fingerprint density at radius 2 is 1.85 bits per heavy atom. The first-order chi connectivity index (χ1) is 15.5. The molecule has 0 radical (unpaired) electrons. The van der Waals surface area contributed by atoms with E-state index in [9.17, 15) is 22.8 Å². The number of methoxy groups -OCH3 is 1. The first kappa shape index (κ1) is 26.3. The number of rotatable bonds is 11. The van der Waals surface area contributed by atoms with Gasteiger partial charge in [-0.25, -0.2) is 13.2 Å². The summed E-state index contributed by atoms with van der Waals surface area (Å²) in [6.45, 7) is 3.48. The maximum atomic E-state index is 13.2. The van der Waals surface area contributed by atoms with E-state index >= 15 is 0 Å². The lowest BCUT2D eigenvalue weighted by molar-refractivity contribution is -0.118. The number of carbonyl (C=O) groups is 1. The van der Waals surface area contributed by atoms with Gasteiger partial charge in [-0.3, -0.25) is 19.1 Å². The summed E-state index contributed by atoms with van der Waals surface area (Å²) in [4.78, 5) is 41.3. The number of unbranched alkanes of at least 4 members (excludes halogenated alkanes) is 1. The molecule has 2 rings (SSSR count). The van der Waals surface area contributed by atoms with Crippen LogP contribution in [0, 0.1) is 6.92 Å². The molecule has 0 fully saturated rings. The van der Waals surface area contributed by atoms with Gasteiger partial charge >= 0.3 is 5.69 Å². The Labute approximate surface area is 192 Å². The predicted molar refractivity (Wildman–Crippen MR) is 126 cm³/mol. The highest BCUT2D eigenvalue weighted by molar-refractivity contribution is 7.89. The van der Waals surface area contributed by atoms with E-state index in [1.54, 1.807) is 12.1 Å². The van der Waals surface area contributed by atoms with Crippen molar-refractivity contribution in [3.05, 3.63) is 50.7 Å². The second-order valence-corrected chi connectivity index (χ2v) is 9.66. The average Bonchev–Trinajstić information content (AvgIpc) is 2.75. The summed E-state index contributed by atoms with van der Waals surface area (Å²) in [6, 6.07) is 6.24. The summed E-state index contributed by atoms with van der Waals surface area (Å²) in [7, 11) is -1.25. The summed E-state index contributed by atoms with van der Waals surface area (Å²) < 4.78 is 32.9. The molecule has 11 nitrogen and oxygen atoms in total. The van der Waals surface area contributed by atoms with Crippen molar-refractivity contribution in [2.45, 2.75) is 38.1 Å². The van der Waals surface area contributed by atoms with Crippen LogP contribution in [0.15, 0.2) is 38.8 Å². The fourth-order valence-corrected chi connectivity index (χ4v) is 4.29. The second kappa shape index (κ2) is 11.3. The number of aryl methyl sites for hydroxylation is 1. The topological polar surface area (TPSA) is 148 Å². The molecule has 1 amide bonds. The Hall–Kier alpha value is -2.96. The zero-order valence-corrected chi connectivity index (χ0v) is 20.1. The first-order valence-corrected chi connectivity index (χ1v) is 11.9. The third kappa shape index (κ3) is 6.09. The van der Waals surface area contributed by atoms with Crippen molar-refractivity contribution >= 4 is 27.4 Å². The van der Waals surface area contributed by atoms with Gasteiger partial charge in [0.25, 0.3) is 5.56 Å². The maximum Gasteiger partial charge on any atom is 0.330 e. The van der Waals surface area contributed by atoms with Crippen molar-refractivity contribution in [3.63, 3.8) is 0 Å². The van der Waals surface area contributed by atoms with Gasteiger partial charge in [0.1, 0.15) is 5.82 Å². The smallest absolute Gasteiger partial charge is 0.330 e. The normalized spacial score (nSPS) is 11.7. The molecule has 182 valence electrons. The van der Waals surface area contributed by atoms with Crippen LogP contribution in [-0.4, -0.2) is 62.0 Å². The number of nitrogen functional groups attached to an aromatic ring is 1. The Kier molecular flexibility index (Phi) is 8.97. The fraction of sp³-hybridized carbons (Fsp3) is 0.476. The molecule has 0 aliphatic rings. The molecule has 3 N–H and O–H groups in total. The number of ether oxygens (including phenoxy) is 1. The Bertz CT molecular complexity index is 1190. The third-order valence-corrected chi connectivity index (χ3v) is 6.94. The van der Waals surface area contributed by atoms with Gasteiger partial charge in [-0.05, 0) is 25.5 Å². The van der Waals surface area contributed by atoms with Crippen molar-refractivity contribution in [3.8, 4) is 0 Å². The van der Waals surface area contributed by atoms with Crippen LogP contribution >= 0.6 is 0 Å². The first-order valence-electron chi connectivity index (χ1n) is 10.5. The van der Waals surface area contributed by atoms with Crippen LogP contribution in [0.1, 0.15) is 25.3 Å². The molecule has 1 aromatic carbocycles. The van der Waals surface area contributed by atoms with E-state index < -0.39 is 33.7 Å². The van der Waals surface area contributed by atoms with E-state index in [4.69, 9.17) is 10.5 Å². The van der Waals surface area contributed by atoms with Crippen molar-refractivity contribution < 1.29 is 17.9 Å². The molecule has 0 atom stereocenters. The van der Waals surface area contributed by atoms with E-state index in [1.807, 2.05) is 13.8 Å². The van der Waals surface area contributed by atoms with Crippen LogP contribution in [0.2, 0.25) is 0 Å². The standard InChI is InChI=1S/C21H31N5O6S/c1-5-6-11-26-19(22)18(20(28)23-21(26)29)25(12-13-32-4)17(27)14-24(3)33(30,31)16-9-7-15(2)8-10-16/h7-10H,5-6,11-14,22H2,1-4H3,(H,23,28,29). The number of sulfonamides is 1. The largest absolute Gasteiger partial charge is 0.383 e. The molecular weight excluding hydrogens is 450 g/mol. The van der Waals surface area contributed by atoms with Crippen LogP contribution in [-0.2, 0) is 26.1 Å². The highest BCUT2D eigenvalue weighted by atomic mass is 32.2. The summed E-state index contributed by atoms with van der Waals surface area (Å²) in [6.07, 6.45) is 1.42. The SMILES string of the molecule is CCCCn1c(N)c(N(CCOC)C(=O)CN(C)S(=O)(=O)c2ccc(C)cc2)c(=O)[nH]c1=O. The zero-order valence-electron chi connectivity index (χ0n) is 19.3. The number of nitrogens with zero attached hydrogens (tertiary/aromatic N) is 3. The van der Waals surface area contributed by atoms with E-state index in [1.165, 1.54) is 30.9 Å². The van der Waals surface area contributed by atoms with Gasteiger partial charge in [0, 0.05) is 27.2 Å². The number of hydrogen-bond acceptors (Lipinski definition) is 7. The van der Waals surface area contributed by atoms with Gasteiger partial charge in [0.2, 0.25) is 15.9 Å². The molecule has 0 saturated carbocycles. The fourth-order valence-electron chi connectivity index (χ4n) is 3.17. The van der Waals surface area contributed by atoms with Crippen molar-refractivity contribution in [1.82, 2.24) is 13.9 Å². The van der Waals surface area contributed by atoms with E-state index in [2.05, 4.69) is 4.98 Å². The zero-order chi connectivity index (χ0) is 24.8. The quantitative estimate of drug-likeness (QED) is 0.475. The number of amides is 1. The number of anilines is 2. The number of benzene rings is 1. The van der Waals surface area contributed by atoms with Crippen LogP contribution in [0.25, 0.3) is 0 Å². The number of nitrogens with one attached hydrogen (secondary N) is 1. The molecule has 2 aromatic rings. The summed E-state index contributed by atoms with van der Waals surface area (Å²) >= 11 is 0. The van der Waals surface area contributed by atoms with Crippen molar-refractivity contribution in [2.24, 2.45) is 0 Å². The predicted octanol–water partition coefficient (Wildman–Crippen LogP) is 0.527. The number of nitrogens with two attached hydrogens (primary N) is 1.